The molecule has 4 heteroatoms. The van der Waals surface area contributed by atoms with E-state index in [0.717, 1.165) is 5.89 Å². The van der Waals surface area contributed by atoms with Crippen LogP contribution in [0.15, 0.2) is 4.52 Å². The maximum Gasteiger partial charge on any atom is 0.230 e. The second kappa shape index (κ2) is 3.35. The van der Waals surface area contributed by atoms with Crippen LogP contribution in [0.4, 0.5) is 0 Å². The van der Waals surface area contributed by atoms with Crippen LogP contribution in [0.2, 0.25) is 0 Å². The quantitative estimate of drug-likeness (QED) is 0.799. The van der Waals surface area contributed by atoms with Crippen LogP contribution in [0.3, 0.4) is 0 Å². The lowest BCUT2D eigenvalue weighted by molar-refractivity contribution is 0.361. The fraction of sp³-hybridized carbons (Fsp3) is 0.800. The highest BCUT2D eigenvalue weighted by molar-refractivity contribution is 5.07. The second-order valence-electron chi connectivity index (χ2n) is 4.58. The van der Waals surface area contributed by atoms with Gasteiger partial charge in [0.2, 0.25) is 5.89 Å². The minimum atomic E-state index is -0.110. The normalized spacial score (nSPS) is 28.1. The van der Waals surface area contributed by atoms with Gasteiger partial charge in [0.1, 0.15) is 0 Å². The van der Waals surface area contributed by atoms with E-state index in [1.807, 2.05) is 0 Å². The first-order valence-electron chi connectivity index (χ1n) is 5.18. The molecule has 78 valence electrons. The molecule has 0 saturated heterocycles. The van der Waals surface area contributed by atoms with Gasteiger partial charge in [-0.2, -0.15) is 4.98 Å². The van der Waals surface area contributed by atoms with Gasteiger partial charge in [-0.15, -0.1) is 0 Å². The predicted octanol–water partition coefficient (Wildman–Crippen LogP) is 1.85. The average molecular weight is 195 g/mol. The predicted molar refractivity (Wildman–Crippen MR) is 52.6 cm³/mol. The lowest BCUT2D eigenvalue weighted by Crippen LogP contribution is -2.18. The van der Waals surface area contributed by atoms with Crippen molar-refractivity contribution in [2.75, 3.05) is 0 Å². The highest BCUT2D eigenvalue weighted by Crippen LogP contribution is 2.46. The van der Waals surface area contributed by atoms with Gasteiger partial charge in [-0.3, -0.25) is 0 Å². The number of rotatable bonds is 3. The van der Waals surface area contributed by atoms with E-state index in [1.54, 1.807) is 0 Å². The molecule has 0 radical (unpaired) electrons. The lowest BCUT2D eigenvalue weighted by atomic mass is 10.1. The molecule has 1 aromatic rings. The van der Waals surface area contributed by atoms with Crippen LogP contribution in [-0.2, 0) is 0 Å². The van der Waals surface area contributed by atoms with Gasteiger partial charge < -0.3 is 10.3 Å². The first kappa shape index (κ1) is 9.65. The van der Waals surface area contributed by atoms with Crippen LogP contribution in [-0.4, -0.2) is 10.1 Å². The second-order valence-corrected chi connectivity index (χ2v) is 4.58. The van der Waals surface area contributed by atoms with Gasteiger partial charge >= 0.3 is 0 Å². The molecule has 2 rings (SSSR count). The molecule has 1 heterocycles. The van der Waals surface area contributed by atoms with E-state index in [0.29, 0.717) is 23.6 Å². The van der Waals surface area contributed by atoms with Crippen molar-refractivity contribution in [2.45, 2.75) is 39.2 Å². The SMILES string of the molecule is CC(C)C(N)c1noc(C2CC2C)n1. The topological polar surface area (TPSA) is 64.9 Å². The molecule has 3 unspecified atom stereocenters. The Morgan fingerprint density at radius 1 is 1.50 bits per heavy atom. The zero-order valence-corrected chi connectivity index (χ0v) is 8.90. The van der Waals surface area contributed by atoms with E-state index in [9.17, 15) is 0 Å². The molecule has 1 fully saturated rings. The van der Waals surface area contributed by atoms with Crippen LogP contribution >= 0.6 is 0 Å². The zero-order valence-electron chi connectivity index (χ0n) is 8.90. The van der Waals surface area contributed by atoms with E-state index in [4.69, 9.17) is 10.3 Å². The van der Waals surface area contributed by atoms with E-state index in [1.165, 1.54) is 6.42 Å². The number of hydrogen-bond acceptors (Lipinski definition) is 4. The third kappa shape index (κ3) is 1.66. The third-order valence-electron chi connectivity index (χ3n) is 2.90. The molecular formula is C10H17N3O. The summed E-state index contributed by atoms with van der Waals surface area (Å²) in [5.41, 5.74) is 5.92. The Morgan fingerprint density at radius 2 is 2.14 bits per heavy atom. The summed E-state index contributed by atoms with van der Waals surface area (Å²) >= 11 is 0. The van der Waals surface area contributed by atoms with Gasteiger partial charge in [0, 0.05) is 5.92 Å². The summed E-state index contributed by atoms with van der Waals surface area (Å²) < 4.78 is 5.19. The van der Waals surface area contributed by atoms with Crippen molar-refractivity contribution in [3.63, 3.8) is 0 Å². The van der Waals surface area contributed by atoms with Gasteiger partial charge in [-0.25, -0.2) is 0 Å². The Kier molecular flexibility index (Phi) is 2.31. The molecule has 14 heavy (non-hydrogen) atoms. The van der Waals surface area contributed by atoms with Crippen molar-refractivity contribution in [3.05, 3.63) is 11.7 Å². The number of aromatic nitrogens is 2. The molecule has 4 nitrogen and oxygen atoms in total. The molecule has 1 aliphatic rings. The Balaban J connectivity index is 2.10. The summed E-state index contributed by atoms with van der Waals surface area (Å²) in [5, 5.41) is 3.92. The lowest BCUT2D eigenvalue weighted by Gasteiger charge is -2.09. The summed E-state index contributed by atoms with van der Waals surface area (Å²) in [4.78, 5) is 4.34. The molecule has 1 aromatic heterocycles. The van der Waals surface area contributed by atoms with Crippen LogP contribution < -0.4 is 5.73 Å². The Bertz CT molecular complexity index is 321. The molecule has 0 amide bonds. The molecule has 0 aliphatic heterocycles. The molecule has 1 aliphatic carbocycles. The highest BCUT2D eigenvalue weighted by Gasteiger charge is 2.39. The van der Waals surface area contributed by atoms with Crippen LogP contribution in [0, 0.1) is 11.8 Å². The average Bonchev–Trinajstić information content (AvgIpc) is 2.67. The van der Waals surface area contributed by atoms with Crippen molar-refractivity contribution < 1.29 is 4.52 Å². The Morgan fingerprint density at radius 3 is 2.64 bits per heavy atom. The molecule has 2 N–H and O–H groups in total. The van der Waals surface area contributed by atoms with E-state index in [2.05, 4.69) is 30.9 Å². The fourth-order valence-corrected chi connectivity index (χ4v) is 1.50. The summed E-state index contributed by atoms with van der Waals surface area (Å²) in [6.07, 6.45) is 1.17. The molecular weight excluding hydrogens is 178 g/mol. The standard InChI is InChI=1S/C10H17N3O/c1-5(2)8(11)9-12-10(14-13-9)7-4-6(7)3/h5-8H,4,11H2,1-3H3. The number of nitrogens with two attached hydrogens (primary N) is 1. The van der Waals surface area contributed by atoms with Gasteiger partial charge in [-0.05, 0) is 18.3 Å². The molecule has 0 aromatic carbocycles. The van der Waals surface area contributed by atoms with E-state index < -0.39 is 0 Å². The minimum absolute atomic E-state index is 0.110. The largest absolute Gasteiger partial charge is 0.339 e. The van der Waals surface area contributed by atoms with Crippen LogP contribution in [0.25, 0.3) is 0 Å². The highest BCUT2D eigenvalue weighted by atomic mass is 16.5. The Hall–Kier alpha value is -0.900. The molecule has 0 bridgehead atoms. The van der Waals surface area contributed by atoms with E-state index >= 15 is 0 Å². The monoisotopic (exact) mass is 195 g/mol. The maximum atomic E-state index is 5.92. The van der Waals surface area contributed by atoms with E-state index in [-0.39, 0.29) is 6.04 Å². The van der Waals surface area contributed by atoms with Crippen LogP contribution in [0.5, 0.6) is 0 Å². The Labute approximate surface area is 83.9 Å². The summed E-state index contributed by atoms with van der Waals surface area (Å²) in [6, 6.07) is -0.110. The summed E-state index contributed by atoms with van der Waals surface area (Å²) in [5.74, 6) is 2.93. The molecule has 3 atom stereocenters. The van der Waals surface area contributed by atoms with Crippen molar-refractivity contribution in [1.29, 1.82) is 0 Å². The molecule has 0 spiro atoms. The first-order valence-corrected chi connectivity index (χ1v) is 5.18. The first-order chi connectivity index (χ1) is 6.59. The number of nitrogens with zero attached hydrogens (tertiary/aromatic N) is 2. The van der Waals surface area contributed by atoms with Crippen molar-refractivity contribution in [1.82, 2.24) is 10.1 Å². The van der Waals surface area contributed by atoms with Gasteiger partial charge in [0.25, 0.3) is 0 Å². The summed E-state index contributed by atoms with van der Waals surface area (Å²) in [6.45, 7) is 6.30. The van der Waals surface area contributed by atoms with Gasteiger partial charge in [-0.1, -0.05) is 25.9 Å². The van der Waals surface area contributed by atoms with Crippen molar-refractivity contribution in [3.8, 4) is 0 Å². The zero-order chi connectivity index (χ0) is 10.3. The van der Waals surface area contributed by atoms with Crippen molar-refractivity contribution >= 4 is 0 Å². The van der Waals surface area contributed by atoms with Gasteiger partial charge in [0.05, 0.1) is 6.04 Å². The number of hydrogen-bond donors (Lipinski definition) is 1. The summed E-state index contributed by atoms with van der Waals surface area (Å²) in [7, 11) is 0. The minimum Gasteiger partial charge on any atom is -0.339 e. The smallest absolute Gasteiger partial charge is 0.230 e. The fourth-order valence-electron chi connectivity index (χ4n) is 1.50. The third-order valence-corrected chi connectivity index (χ3v) is 2.90. The van der Waals surface area contributed by atoms with Gasteiger partial charge in [0.15, 0.2) is 5.82 Å². The van der Waals surface area contributed by atoms with Crippen LogP contribution in [0.1, 0.15) is 50.9 Å². The maximum absolute atomic E-state index is 5.92. The van der Waals surface area contributed by atoms with Crippen molar-refractivity contribution in [2.24, 2.45) is 17.6 Å². The molecule has 1 saturated carbocycles.